The third-order valence-corrected chi connectivity index (χ3v) is 3.94. The molecule has 2 aromatic rings. The number of carbonyl (C=O) groups is 1. The molecule has 0 saturated carbocycles. The number of benzene rings is 2. The van der Waals surface area contributed by atoms with E-state index in [1.165, 1.54) is 12.1 Å². The lowest BCUT2D eigenvalue weighted by Gasteiger charge is -2.08. The minimum Gasteiger partial charge on any atom is -0.321 e. The zero-order chi connectivity index (χ0) is 19.3. The molecule has 0 atom stereocenters. The Hall–Kier alpha value is -3.46. The van der Waals surface area contributed by atoms with E-state index in [9.17, 15) is 20.2 Å². The van der Waals surface area contributed by atoms with Crippen LogP contribution in [0.2, 0.25) is 0 Å². The molecule has 6 nitrogen and oxygen atoms in total. The topological polar surface area (TPSA) is 96.0 Å². The number of nitro groups is 1. The van der Waals surface area contributed by atoms with E-state index in [0.29, 0.717) is 16.8 Å². The number of nitrogens with one attached hydrogen (secondary N) is 1. The van der Waals surface area contributed by atoms with E-state index in [-0.39, 0.29) is 17.2 Å². The smallest absolute Gasteiger partial charge is 0.273 e. The Morgan fingerprint density at radius 3 is 2.54 bits per heavy atom. The maximum atomic E-state index is 12.4. The quantitative estimate of drug-likeness (QED) is 0.370. The van der Waals surface area contributed by atoms with Crippen molar-refractivity contribution in [2.75, 3.05) is 5.32 Å². The number of para-hydroxylation sites is 1. The summed E-state index contributed by atoms with van der Waals surface area (Å²) in [4.78, 5) is 23.2. The fourth-order valence-corrected chi connectivity index (χ4v) is 2.51. The standard InChI is InChI=1S/C20H19N3O3/c1-13(2)17-9-8-15(11-19(17)23(25)26)10-16(12-21)20(24)22-18-7-5-4-6-14(18)3/h4-11,13H,1-3H3,(H,22,24)/b16-10+. The molecule has 2 rings (SSSR count). The van der Waals surface area contributed by atoms with Crippen LogP contribution in [0.4, 0.5) is 11.4 Å². The average Bonchev–Trinajstić information content (AvgIpc) is 2.61. The highest BCUT2D eigenvalue weighted by Gasteiger charge is 2.17. The van der Waals surface area contributed by atoms with Gasteiger partial charge in [0.05, 0.1) is 4.92 Å². The van der Waals surface area contributed by atoms with Crippen molar-refractivity contribution in [2.45, 2.75) is 26.7 Å². The number of anilines is 1. The summed E-state index contributed by atoms with van der Waals surface area (Å²) in [6.45, 7) is 5.59. The third-order valence-electron chi connectivity index (χ3n) is 3.94. The third kappa shape index (κ3) is 4.33. The van der Waals surface area contributed by atoms with Crippen LogP contribution >= 0.6 is 0 Å². The van der Waals surface area contributed by atoms with Gasteiger partial charge in [-0.3, -0.25) is 14.9 Å². The van der Waals surface area contributed by atoms with E-state index < -0.39 is 10.8 Å². The fraction of sp³-hybridized carbons (Fsp3) is 0.200. The molecule has 132 valence electrons. The lowest BCUT2D eigenvalue weighted by molar-refractivity contribution is -0.385. The van der Waals surface area contributed by atoms with E-state index in [0.717, 1.165) is 5.56 Å². The Balaban J connectivity index is 2.35. The predicted octanol–water partition coefficient (Wildman–Crippen LogP) is 4.57. The zero-order valence-electron chi connectivity index (χ0n) is 14.8. The van der Waals surface area contributed by atoms with Crippen LogP contribution in [-0.2, 0) is 4.79 Å². The first kappa shape index (κ1) is 18.9. The summed E-state index contributed by atoms with van der Waals surface area (Å²) in [5, 5.41) is 23.3. The summed E-state index contributed by atoms with van der Waals surface area (Å²) in [6, 6.07) is 13.8. The number of nitro benzene ring substituents is 1. The highest BCUT2D eigenvalue weighted by molar-refractivity contribution is 6.10. The molecule has 2 aromatic carbocycles. The summed E-state index contributed by atoms with van der Waals surface area (Å²) in [7, 11) is 0. The van der Waals surface area contributed by atoms with Gasteiger partial charge in [0.15, 0.2) is 0 Å². The Bertz CT molecular complexity index is 924. The van der Waals surface area contributed by atoms with Gasteiger partial charge < -0.3 is 5.32 Å². The van der Waals surface area contributed by atoms with Crippen molar-refractivity contribution >= 4 is 23.4 Å². The Kier molecular flexibility index (Phi) is 5.86. The molecule has 1 N–H and O–H groups in total. The van der Waals surface area contributed by atoms with Gasteiger partial charge in [0.2, 0.25) is 0 Å². The molecule has 0 unspecified atom stereocenters. The number of carbonyl (C=O) groups excluding carboxylic acids is 1. The number of nitriles is 1. The van der Waals surface area contributed by atoms with Crippen LogP contribution in [0.5, 0.6) is 0 Å². The van der Waals surface area contributed by atoms with E-state index in [2.05, 4.69) is 5.32 Å². The van der Waals surface area contributed by atoms with Gasteiger partial charge in [0, 0.05) is 17.3 Å². The fourth-order valence-electron chi connectivity index (χ4n) is 2.51. The average molecular weight is 349 g/mol. The second-order valence-corrected chi connectivity index (χ2v) is 6.17. The summed E-state index contributed by atoms with van der Waals surface area (Å²) in [6.07, 6.45) is 1.35. The van der Waals surface area contributed by atoms with Crippen LogP contribution in [0.1, 0.15) is 36.5 Å². The second kappa shape index (κ2) is 8.08. The lowest BCUT2D eigenvalue weighted by atomic mass is 9.98. The van der Waals surface area contributed by atoms with E-state index in [4.69, 9.17) is 0 Å². The largest absolute Gasteiger partial charge is 0.321 e. The van der Waals surface area contributed by atoms with Gasteiger partial charge in [-0.25, -0.2) is 0 Å². The first-order valence-corrected chi connectivity index (χ1v) is 8.10. The molecule has 0 saturated heterocycles. The van der Waals surface area contributed by atoms with Gasteiger partial charge in [-0.2, -0.15) is 5.26 Å². The van der Waals surface area contributed by atoms with Crippen LogP contribution in [-0.4, -0.2) is 10.8 Å². The van der Waals surface area contributed by atoms with Crippen molar-refractivity contribution in [1.82, 2.24) is 0 Å². The molecule has 1 amide bonds. The SMILES string of the molecule is Cc1ccccc1NC(=O)/C(C#N)=C/c1ccc(C(C)C)c([N+](=O)[O-])c1. The van der Waals surface area contributed by atoms with Crippen molar-refractivity contribution in [3.63, 3.8) is 0 Å². The van der Waals surface area contributed by atoms with Crippen molar-refractivity contribution in [3.8, 4) is 6.07 Å². The van der Waals surface area contributed by atoms with Crippen molar-refractivity contribution < 1.29 is 9.72 Å². The Morgan fingerprint density at radius 1 is 1.27 bits per heavy atom. The summed E-state index contributed by atoms with van der Waals surface area (Å²) in [5.41, 5.74) is 2.37. The monoisotopic (exact) mass is 349 g/mol. The zero-order valence-corrected chi connectivity index (χ0v) is 14.8. The highest BCUT2D eigenvalue weighted by atomic mass is 16.6. The minimum absolute atomic E-state index is 0.00628. The van der Waals surface area contributed by atoms with Gasteiger partial charge in [-0.15, -0.1) is 0 Å². The van der Waals surface area contributed by atoms with Crippen molar-refractivity contribution in [1.29, 1.82) is 5.26 Å². The highest BCUT2D eigenvalue weighted by Crippen LogP contribution is 2.28. The molecule has 0 fully saturated rings. The van der Waals surface area contributed by atoms with Crippen LogP contribution in [0.25, 0.3) is 6.08 Å². The van der Waals surface area contributed by atoms with Crippen LogP contribution in [0, 0.1) is 28.4 Å². The first-order chi connectivity index (χ1) is 12.3. The van der Waals surface area contributed by atoms with E-state index in [1.807, 2.05) is 39.0 Å². The number of aryl methyl sites for hydroxylation is 1. The predicted molar refractivity (Wildman–Crippen MR) is 101 cm³/mol. The van der Waals surface area contributed by atoms with Gasteiger partial charge in [-0.1, -0.05) is 44.2 Å². The van der Waals surface area contributed by atoms with Gasteiger partial charge in [0.1, 0.15) is 11.6 Å². The molecule has 0 aliphatic heterocycles. The van der Waals surface area contributed by atoms with Crippen LogP contribution in [0.15, 0.2) is 48.0 Å². The van der Waals surface area contributed by atoms with Gasteiger partial charge >= 0.3 is 0 Å². The molecule has 6 heteroatoms. The molecule has 0 spiro atoms. The number of nitrogens with zero attached hydrogens (tertiary/aromatic N) is 2. The van der Waals surface area contributed by atoms with Gasteiger partial charge in [-0.05, 0) is 36.1 Å². The van der Waals surface area contributed by atoms with E-state index in [1.54, 1.807) is 24.3 Å². The molecule has 0 aliphatic carbocycles. The normalized spacial score (nSPS) is 11.1. The molecule has 0 aromatic heterocycles. The molecule has 0 aliphatic rings. The summed E-state index contributed by atoms with van der Waals surface area (Å²) >= 11 is 0. The van der Waals surface area contributed by atoms with Crippen molar-refractivity contribution in [2.24, 2.45) is 0 Å². The molecule has 0 heterocycles. The molecule has 26 heavy (non-hydrogen) atoms. The molecule has 0 bridgehead atoms. The molecular formula is C20H19N3O3. The Labute approximate surface area is 151 Å². The number of hydrogen-bond acceptors (Lipinski definition) is 4. The van der Waals surface area contributed by atoms with Crippen molar-refractivity contribution in [3.05, 3.63) is 74.8 Å². The first-order valence-electron chi connectivity index (χ1n) is 8.10. The maximum absolute atomic E-state index is 12.4. The van der Waals surface area contributed by atoms with Crippen LogP contribution in [0.3, 0.4) is 0 Å². The maximum Gasteiger partial charge on any atom is 0.273 e. The molecular weight excluding hydrogens is 330 g/mol. The lowest BCUT2D eigenvalue weighted by Crippen LogP contribution is -2.14. The summed E-state index contributed by atoms with van der Waals surface area (Å²) < 4.78 is 0. The number of hydrogen-bond donors (Lipinski definition) is 1. The summed E-state index contributed by atoms with van der Waals surface area (Å²) in [5.74, 6) is -0.564. The number of amides is 1. The van der Waals surface area contributed by atoms with E-state index >= 15 is 0 Å². The Morgan fingerprint density at radius 2 is 1.96 bits per heavy atom. The second-order valence-electron chi connectivity index (χ2n) is 6.17. The van der Waals surface area contributed by atoms with Crippen LogP contribution < -0.4 is 5.32 Å². The van der Waals surface area contributed by atoms with Gasteiger partial charge in [0.25, 0.3) is 11.6 Å². The number of rotatable bonds is 5. The molecule has 0 radical (unpaired) electrons. The minimum atomic E-state index is -0.558.